The lowest BCUT2D eigenvalue weighted by atomic mass is 10.1. The molecule has 1 fully saturated rings. The van der Waals surface area contributed by atoms with Gasteiger partial charge in [0, 0.05) is 48.2 Å². The van der Waals surface area contributed by atoms with Crippen molar-refractivity contribution in [2.45, 2.75) is 65.1 Å². The van der Waals surface area contributed by atoms with E-state index in [9.17, 15) is 9.59 Å². The first-order chi connectivity index (χ1) is 16.9. The predicted octanol–water partition coefficient (Wildman–Crippen LogP) is 4.41. The van der Waals surface area contributed by atoms with Crippen molar-refractivity contribution < 1.29 is 4.79 Å². The standard InChI is InChI=1S/C28H33N5O2/c1-4-23(5-2)33-17-21(10-13-27(33)35)25-16-30-18(3)28(32-25)26(34)14-24(29)20-8-6-19(7-9-20)15-31-22-11-12-22/h6-10,13-14,16-17,22-23,31H,4-5,11-12,15,29H2,1-3H3/b24-14-. The van der Waals surface area contributed by atoms with E-state index >= 15 is 0 Å². The Morgan fingerprint density at radius 3 is 2.54 bits per heavy atom. The Labute approximate surface area is 206 Å². The third kappa shape index (κ3) is 5.92. The van der Waals surface area contributed by atoms with Crippen LogP contribution < -0.4 is 16.6 Å². The Morgan fingerprint density at radius 2 is 1.89 bits per heavy atom. The number of carbonyl (C=O) groups excluding carboxylic acids is 1. The maximum absolute atomic E-state index is 13.1. The van der Waals surface area contributed by atoms with Crippen LogP contribution in [-0.2, 0) is 6.54 Å². The minimum Gasteiger partial charge on any atom is -0.398 e. The second kappa shape index (κ2) is 10.8. The number of ketones is 1. The highest BCUT2D eigenvalue weighted by atomic mass is 16.1. The Kier molecular flexibility index (Phi) is 7.56. The lowest BCUT2D eigenvalue weighted by Crippen LogP contribution is -2.23. The van der Waals surface area contributed by atoms with Crippen molar-refractivity contribution in [1.29, 1.82) is 0 Å². The number of hydrogen-bond donors (Lipinski definition) is 2. The van der Waals surface area contributed by atoms with Crippen LogP contribution in [0.3, 0.4) is 0 Å². The van der Waals surface area contributed by atoms with E-state index < -0.39 is 0 Å². The van der Waals surface area contributed by atoms with E-state index in [1.54, 1.807) is 36.0 Å². The Bertz CT molecular complexity index is 1290. The lowest BCUT2D eigenvalue weighted by molar-refractivity contribution is 0.104. The van der Waals surface area contributed by atoms with E-state index in [0.29, 0.717) is 23.1 Å². The zero-order valence-electron chi connectivity index (χ0n) is 20.6. The van der Waals surface area contributed by atoms with Gasteiger partial charge in [0.15, 0.2) is 0 Å². The van der Waals surface area contributed by atoms with Crippen molar-refractivity contribution in [2.24, 2.45) is 5.73 Å². The molecule has 182 valence electrons. The van der Waals surface area contributed by atoms with Gasteiger partial charge >= 0.3 is 0 Å². The van der Waals surface area contributed by atoms with Gasteiger partial charge < -0.3 is 15.6 Å². The number of rotatable bonds is 10. The molecule has 0 aliphatic heterocycles. The smallest absolute Gasteiger partial charge is 0.250 e. The van der Waals surface area contributed by atoms with Gasteiger partial charge in [0.2, 0.25) is 5.78 Å². The average molecular weight is 472 g/mol. The molecule has 2 heterocycles. The van der Waals surface area contributed by atoms with Gasteiger partial charge in [0.25, 0.3) is 5.56 Å². The summed E-state index contributed by atoms with van der Waals surface area (Å²) in [6.07, 6.45) is 9.05. The average Bonchev–Trinajstić information content (AvgIpc) is 3.70. The molecule has 7 nitrogen and oxygen atoms in total. The number of nitrogens with zero attached hydrogens (tertiary/aromatic N) is 3. The van der Waals surface area contributed by atoms with Crippen LogP contribution in [0, 0.1) is 6.92 Å². The minimum absolute atomic E-state index is 0.0520. The zero-order valence-corrected chi connectivity index (χ0v) is 20.6. The number of nitrogens with one attached hydrogen (secondary N) is 1. The van der Waals surface area contributed by atoms with Crippen LogP contribution in [0.2, 0.25) is 0 Å². The summed E-state index contributed by atoms with van der Waals surface area (Å²) in [7, 11) is 0. The number of benzene rings is 1. The van der Waals surface area contributed by atoms with Gasteiger partial charge in [0.1, 0.15) is 5.69 Å². The SMILES string of the molecule is CCC(CC)n1cc(-c2cnc(C)c(C(=O)/C=C(\N)c3ccc(CNC4CC4)cc3)n2)ccc1=O. The monoisotopic (exact) mass is 471 g/mol. The third-order valence-corrected chi connectivity index (χ3v) is 6.50. The molecule has 0 radical (unpaired) electrons. The Morgan fingerprint density at radius 1 is 1.17 bits per heavy atom. The highest BCUT2D eigenvalue weighted by molar-refractivity contribution is 6.07. The van der Waals surface area contributed by atoms with Crippen LogP contribution in [0.1, 0.15) is 72.9 Å². The van der Waals surface area contributed by atoms with Gasteiger partial charge in [-0.2, -0.15) is 0 Å². The normalized spacial score (nSPS) is 13.9. The molecule has 0 amide bonds. The number of aryl methyl sites for hydroxylation is 1. The summed E-state index contributed by atoms with van der Waals surface area (Å²) in [5, 5.41) is 3.49. The summed E-state index contributed by atoms with van der Waals surface area (Å²) >= 11 is 0. The summed E-state index contributed by atoms with van der Waals surface area (Å²) in [5.41, 5.74) is 10.6. The van der Waals surface area contributed by atoms with Crippen LogP contribution >= 0.6 is 0 Å². The zero-order chi connectivity index (χ0) is 24.9. The largest absolute Gasteiger partial charge is 0.398 e. The fourth-order valence-electron chi connectivity index (χ4n) is 4.10. The van der Waals surface area contributed by atoms with Gasteiger partial charge in [-0.25, -0.2) is 4.98 Å². The number of pyridine rings is 1. The number of carbonyl (C=O) groups is 1. The van der Waals surface area contributed by atoms with E-state index in [1.807, 2.05) is 24.3 Å². The molecule has 0 bridgehead atoms. The molecular weight excluding hydrogens is 438 g/mol. The molecular formula is C28H33N5O2. The van der Waals surface area contributed by atoms with Crippen molar-refractivity contribution in [1.82, 2.24) is 19.9 Å². The van der Waals surface area contributed by atoms with E-state index in [-0.39, 0.29) is 23.1 Å². The van der Waals surface area contributed by atoms with Crippen LogP contribution in [0.4, 0.5) is 0 Å². The maximum atomic E-state index is 13.1. The van der Waals surface area contributed by atoms with Crippen LogP contribution in [0.25, 0.3) is 17.0 Å². The molecule has 2 aromatic heterocycles. The summed E-state index contributed by atoms with van der Waals surface area (Å²) < 4.78 is 1.74. The van der Waals surface area contributed by atoms with Gasteiger partial charge in [-0.05, 0) is 49.8 Å². The maximum Gasteiger partial charge on any atom is 0.250 e. The van der Waals surface area contributed by atoms with Crippen molar-refractivity contribution in [2.75, 3.05) is 0 Å². The Hall–Kier alpha value is -3.58. The summed E-state index contributed by atoms with van der Waals surface area (Å²) in [6, 6.07) is 11.9. The van der Waals surface area contributed by atoms with Crippen LogP contribution in [-0.4, -0.2) is 26.4 Å². The molecule has 1 aliphatic carbocycles. The molecule has 4 rings (SSSR count). The van der Waals surface area contributed by atoms with Crippen molar-refractivity contribution in [3.8, 4) is 11.3 Å². The molecule has 1 aliphatic rings. The van der Waals surface area contributed by atoms with E-state index in [0.717, 1.165) is 30.5 Å². The first-order valence-electron chi connectivity index (χ1n) is 12.3. The number of aromatic nitrogens is 3. The molecule has 35 heavy (non-hydrogen) atoms. The molecule has 0 saturated heterocycles. The van der Waals surface area contributed by atoms with Gasteiger partial charge in [-0.1, -0.05) is 38.1 Å². The van der Waals surface area contributed by atoms with Gasteiger partial charge in [-0.3, -0.25) is 14.6 Å². The molecule has 0 atom stereocenters. The number of allylic oxidation sites excluding steroid dienone is 1. The summed E-state index contributed by atoms with van der Waals surface area (Å²) in [5.74, 6) is -0.304. The second-order valence-electron chi connectivity index (χ2n) is 9.14. The second-order valence-corrected chi connectivity index (χ2v) is 9.14. The first-order valence-corrected chi connectivity index (χ1v) is 12.3. The fourth-order valence-corrected chi connectivity index (χ4v) is 4.10. The molecule has 1 saturated carbocycles. The third-order valence-electron chi connectivity index (χ3n) is 6.50. The van der Waals surface area contributed by atoms with Crippen molar-refractivity contribution in [3.63, 3.8) is 0 Å². The molecule has 3 aromatic rings. The van der Waals surface area contributed by atoms with Crippen molar-refractivity contribution in [3.05, 3.63) is 87.7 Å². The molecule has 0 unspecified atom stereocenters. The van der Waals surface area contributed by atoms with Gasteiger partial charge in [0.05, 0.1) is 17.6 Å². The first kappa shape index (κ1) is 24.5. The summed E-state index contributed by atoms with van der Waals surface area (Å²) in [6.45, 7) is 6.71. The number of nitrogens with two attached hydrogens (primary N) is 1. The molecule has 1 aromatic carbocycles. The molecule has 7 heteroatoms. The Balaban J connectivity index is 1.56. The van der Waals surface area contributed by atoms with E-state index in [4.69, 9.17) is 5.73 Å². The molecule has 3 N–H and O–H groups in total. The predicted molar refractivity (Wildman–Crippen MR) is 139 cm³/mol. The van der Waals surface area contributed by atoms with E-state index in [1.165, 1.54) is 24.5 Å². The summed E-state index contributed by atoms with van der Waals surface area (Å²) in [4.78, 5) is 34.5. The highest BCUT2D eigenvalue weighted by Gasteiger charge is 2.20. The minimum atomic E-state index is -0.304. The van der Waals surface area contributed by atoms with Gasteiger partial charge in [-0.15, -0.1) is 0 Å². The quantitative estimate of drug-likeness (QED) is 0.335. The number of hydrogen-bond acceptors (Lipinski definition) is 6. The molecule has 0 spiro atoms. The van der Waals surface area contributed by atoms with Crippen molar-refractivity contribution >= 4 is 11.5 Å². The van der Waals surface area contributed by atoms with E-state index in [2.05, 4.69) is 29.1 Å². The topological polar surface area (TPSA) is 103 Å². The lowest BCUT2D eigenvalue weighted by Gasteiger charge is -2.17. The highest BCUT2D eigenvalue weighted by Crippen LogP contribution is 2.22. The fraction of sp³-hybridized carbons (Fsp3) is 0.357. The van der Waals surface area contributed by atoms with Crippen LogP contribution in [0.5, 0.6) is 0 Å². The van der Waals surface area contributed by atoms with Crippen LogP contribution in [0.15, 0.2) is 59.7 Å².